The fourth-order valence-corrected chi connectivity index (χ4v) is 2.83. The zero-order valence-electron chi connectivity index (χ0n) is 15.9. The van der Waals surface area contributed by atoms with E-state index in [1.54, 1.807) is 7.11 Å². The van der Waals surface area contributed by atoms with E-state index in [1.165, 1.54) is 5.56 Å². The highest BCUT2D eigenvalue weighted by atomic mass is 16.5. The second kappa shape index (κ2) is 9.57. The number of nitrogens with one attached hydrogen (secondary N) is 2. The Kier molecular flexibility index (Phi) is 6.63. The Morgan fingerprint density at radius 1 is 0.852 bits per heavy atom. The van der Waals surface area contributed by atoms with Gasteiger partial charge in [0.2, 0.25) is 0 Å². The molecule has 0 spiro atoms. The van der Waals surface area contributed by atoms with E-state index in [1.807, 2.05) is 54.6 Å². The highest BCUT2D eigenvalue weighted by Crippen LogP contribution is 2.21. The van der Waals surface area contributed by atoms with E-state index in [0.29, 0.717) is 0 Å². The quantitative estimate of drug-likeness (QED) is 0.581. The third kappa shape index (κ3) is 5.20. The van der Waals surface area contributed by atoms with E-state index in [9.17, 15) is 0 Å². The van der Waals surface area contributed by atoms with Crippen molar-refractivity contribution in [2.45, 2.75) is 19.8 Å². The Morgan fingerprint density at radius 2 is 1.52 bits per heavy atom. The molecular weight excluding hydrogens is 336 g/mol. The lowest BCUT2D eigenvalue weighted by Gasteiger charge is -2.12. The standard InChI is InChI=1S/C22H26N4O/c1-3-14-23-20-16-21(26-22(25-20)18-10-5-4-6-11-18)24-15-13-17-9-7-8-12-19(17)27-2/h4-12,16H,3,13-15H2,1-2H3,(H2,23,24,25,26). The average molecular weight is 362 g/mol. The van der Waals surface area contributed by atoms with Crippen LogP contribution in [0.2, 0.25) is 0 Å². The van der Waals surface area contributed by atoms with Crippen molar-refractivity contribution in [3.8, 4) is 17.1 Å². The van der Waals surface area contributed by atoms with E-state index < -0.39 is 0 Å². The Balaban J connectivity index is 1.75. The molecular formula is C22H26N4O. The molecule has 0 aliphatic heterocycles. The van der Waals surface area contributed by atoms with Gasteiger partial charge in [0.05, 0.1) is 7.11 Å². The van der Waals surface area contributed by atoms with Crippen LogP contribution in [0.4, 0.5) is 11.6 Å². The number of hydrogen-bond acceptors (Lipinski definition) is 5. The average Bonchev–Trinajstić information content (AvgIpc) is 2.73. The first-order chi connectivity index (χ1) is 13.3. The summed E-state index contributed by atoms with van der Waals surface area (Å²) in [4.78, 5) is 9.34. The molecule has 0 saturated heterocycles. The number of rotatable bonds is 9. The van der Waals surface area contributed by atoms with Crippen molar-refractivity contribution in [3.05, 3.63) is 66.2 Å². The normalized spacial score (nSPS) is 10.4. The van der Waals surface area contributed by atoms with Gasteiger partial charge < -0.3 is 15.4 Å². The Bertz CT molecular complexity index is 852. The first-order valence-corrected chi connectivity index (χ1v) is 9.34. The fraction of sp³-hybridized carbons (Fsp3) is 0.273. The number of benzene rings is 2. The zero-order chi connectivity index (χ0) is 18.9. The number of ether oxygens (including phenoxy) is 1. The molecule has 0 atom stereocenters. The molecule has 1 heterocycles. The Labute approximate surface area is 160 Å². The van der Waals surface area contributed by atoms with Gasteiger partial charge in [-0.2, -0.15) is 0 Å². The van der Waals surface area contributed by atoms with Gasteiger partial charge in [-0.1, -0.05) is 55.5 Å². The summed E-state index contributed by atoms with van der Waals surface area (Å²) in [6.07, 6.45) is 1.90. The van der Waals surface area contributed by atoms with Crippen LogP contribution in [-0.2, 0) is 6.42 Å². The molecule has 2 aromatic carbocycles. The number of aromatic nitrogens is 2. The summed E-state index contributed by atoms with van der Waals surface area (Å²) in [5.41, 5.74) is 2.18. The predicted octanol–water partition coefficient (Wildman–Crippen LogP) is 4.63. The number of hydrogen-bond donors (Lipinski definition) is 2. The Morgan fingerprint density at radius 3 is 2.22 bits per heavy atom. The smallest absolute Gasteiger partial charge is 0.163 e. The maximum absolute atomic E-state index is 5.43. The zero-order valence-corrected chi connectivity index (χ0v) is 15.9. The van der Waals surface area contributed by atoms with Gasteiger partial charge in [0, 0.05) is 24.7 Å². The molecule has 140 valence electrons. The van der Waals surface area contributed by atoms with E-state index in [-0.39, 0.29) is 0 Å². The van der Waals surface area contributed by atoms with Gasteiger partial charge in [0.1, 0.15) is 17.4 Å². The topological polar surface area (TPSA) is 59.1 Å². The Hall–Kier alpha value is -3.08. The van der Waals surface area contributed by atoms with Crippen molar-refractivity contribution in [1.82, 2.24) is 9.97 Å². The largest absolute Gasteiger partial charge is 0.496 e. The molecule has 0 fully saturated rings. The summed E-state index contributed by atoms with van der Waals surface area (Å²) >= 11 is 0. The van der Waals surface area contributed by atoms with Crippen molar-refractivity contribution in [1.29, 1.82) is 0 Å². The third-order valence-corrected chi connectivity index (χ3v) is 4.21. The molecule has 2 N–H and O–H groups in total. The number of para-hydroxylation sites is 1. The van der Waals surface area contributed by atoms with E-state index in [2.05, 4.69) is 28.6 Å². The minimum Gasteiger partial charge on any atom is -0.496 e. The van der Waals surface area contributed by atoms with Crippen molar-refractivity contribution in [3.63, 3.8) is 0 Å². The fourth-order valence-electron chi connectivity index (χ4n) is 2.83. The molecule has 0 aliphatic carbocycles. The SMILES string of the molecule is CCCNc1cc(NCCc2ccccc2OC)nc(-c2ccccc2)n1. The van der Waals surface area contributed by atoms with Gasteiger partial charge in [-0.15, -0.1) is 0 Å². The molecule has 0 aliphatic rings. The van der Waals surface area contributed by atoms with Crippen molar-refractivity contribution >= 4 is 11.6 Å². The molecule has 1 aromatic heterocycles. The van der Waals surface area contributed by atoms with Gasteiger partial charge >= 0.3 is 0 Å². The molecule has 3 rings (SSSR count). The maximum atomic E-state index is 5.43. The van der Waals surface area contributed by atoms with E-state index in [4.69, 9.17) is 9.72 Å². The molecule has 0 radical (unpaired) electrons. The van der Waals surface area contributed by atoms with Crippen molar-refractivity contribution in [2.75, 3.05) is 30.8 Å². The van der Waals surface area contributed by atoms with Crippen LogP contribution >= 0.6 is 0 Å². The van der Waals surface area contributed by atoms with Crippen LogP contribution in [0.5, 0.6) is 5.75 Å². The number of nitrogens with zero attached hydrogens (tertiary/aromatic N) is 2. The molecule has 5 heteroatoms. The highest BCUT2D eigenvalue weighted by Gasteiger charge is 2.07. The monoisotopic (exact) mass is 362 g/mol. The molecule has 0 saturated carbocycles. The van der Waals surface area contributed by atoms with Gasteiger partial charge in [0.15, 0.2) is 5.82 Å². The molecule has 0 unspecified atom stereocenters. The van der Waals surface area contributed by atoms with Gasteiger partial charge in [-0.3, -0.25) is 0 Å². The summed E-state index contributed by atoms with van der Waals surface area (Å²) in [6.45, 7) is 3.78. The lowest BCUT2D eigenvalue weighted by molar-refractivity contribution is 0.410. The second-order valence-corrected chi connectivity index (χ2v) is 6.24. The van der Waals surface area contributed by atoms with Gasteiger partial charge in [0.25, 0.3) is 0 Å². The summed E-state index contributed by atoms with van der Waals surface area (Å²) in [6, 6.07) is 20.1. The maximum Gasteiger partial charge on any atom is 0.163 e. The summed E-state index contributed by atoms with van der Waals surface area (Å²) in [5.74, 6) is 3.29. The van der Waals surface area contributed by atoms with Crippen LogP contribution in [-0.4, -0.2) is 30.2 Å². The van der Waals surface area contributed by atoms with Gasteiger partial charge in [-0.25, -0.2) is 9.97 Å². The molecule has 0 amide bonds. The minimum absolute atomic E-state index is 0.719. The number of anilines is 2. The van der Waals surface area contributed by atoms with Crippen LogP contribution in [0.3, 0.4) is 0 Å². The highest BCUT2D eigenvalue weighted by molar-refractivity contribution is 5.61. The van der Waals surface area contributed by atoms with E-state index >= 15 is 0 Å². The summed E-state index contributed by atoms with van der Waals surface area (Å²) < 4.78 is 5.43. The van der Waals surface area contributed by atoms with Crippen LogP contribution in [0.1, 0.15) is 18.9 Å². The first kappa shape index (κ1) is 18.7. The molecule has 27 heavy (non-hydrogen) atoms. The van der Waals surface area contributed by atoms with Crippen molar-refractivity contribution in [2.24, 2.45) is 0 Å². The molecule has 3 aromatic rings. The lowest BCUT2D eigenvalue weighted by Crippen LogP contribution is -2.10. The second-order valence-electron chi connectivity index (χ2n) is 6.24. The first-order valence-electron chi connectivity index (χ1n) is 9.34. The van der Waals surface area contributed by atoms with Crippen LogP contribution in [0, 0.1) is 0 Å². The summed E-state index contributed by atoms with van der Waals surface area (Å²) in [5, 5.41) is 6.78. The lowest BCUT2D eigenvalue weighted by atomic mass is 10.1. The van der Waals surface area contributed by atoms with Crippen LogP contribution in [0.25, 0.3) is 11.4 Å². The van der Waals surface area contributed by atoms with Crippen molar-refractivity contribution < 1.29 is 4.74 Å². The molecule has 5 nitrogen and oxygen atoms in total. The van der Waals surface area contributed by atoms with Crippen LogP contribution in [0.15, 0.2) is 60.7 Å². The van der Waals surface area contributed by atoms with Crippen LogP contribution < -0.4 is 15.4 Å². The molecule has 0 bridgehead atoms. The summed E-state index contributed by atoms with van der Waals surface area (Å²) in [7, 11) is 1.70. The van der Waals surface area contributed by atoms with Gasteiger partial charge in [-0.05, 0) is 24.5 Å². The minimum atomic E-state index is 0.719. The number of methoxy groups -OCH3 is 1. The van der Waals surface area contributed by atoms with E-state index in [0.717, 1.165) is 54.7 Å². The third-order valence-electron chi connectivity index (χ3n) is 4.21. The predicted molar refractivity (Wildman–Crippen MR) is 111 cm³/mol.